The Bertz CT molecular complexity index is 1430. The summed E-state index contributed by atoms with van der Waals surface area (Å²) < 4.78 is 4.76. The molecule has 3 aromatic heterocycles. The number of fused-ring (bicyclic) bond motifs is 1. The summed E-state index contributed by atoms with van der Waals surface area (Å²) in [5, 5.41) is 6.19. The van der Waals surface area contributed by atoms with E-state index in [9.17, 15) is 14.4 Å². The van der Waals surface area contributed by atoms with Crippen LogP contribution in [0.5, 0.6) is 0 Å². The molecule has 1 unspecified atom stereocenters. The molecule has 5 rings (SSSR count). The van der Waals surface area contributed by atoms with Gasteiger partial charge in [-0.15, -0.1) is 0 Å². The van der Waals surface area contributed by atoms with Crippen LogP contribution in [0.25, 0.3) is 11.3 Å². The number of aromatic amines is 2. The Morgan fingerprint density at radius 2 is 2.00 bits per heavy atom. The summed E-state index contributed by atoms with van der Waals surface area (Å²) in [7, 11) is 1.37. The van der Waals surface area contributed by atoms with Gasteiger partial charge in [0.15, 0.2) is 5.78 Å². The van der Waals surface area contributed by atoms with E-state index in [1.54, 1.807) is 12.3 Å². The number of hydrogen-bond donors (Lipinski definition) is 4. The van der Waals surface area contributed by atoms with E-state index in [2.05, 4.69) is 30.6 Å². The zero-order valence-corrected chi connectivity index (χ0v) is 20.2. The van der Waals surface area contributed by atoms with E-state index < -0.39 is 0 Å². The highest BCUT2D eigenvalue weighted by Crippen LogP contribution is 2.41. The molecular weight excluding hydrogens is 472 g/mol. The van der Waals surface area contributed by atoms with Crippen molar-refractivity contribution in [2.45, 2.75) is 25.7 Å². The van der Waals surface area contributed by atoms with Crippen LogP contribution in [-0.2, 0) is 16.0 Å². The summed E-state index contributed by atoms with van der Waals surface area (Å²) in [6.45, 7) is 0. The number of hydrogen-bond acceptors (Lipinski definition) is 7. The van der Waals surface area contributed by atoms with E-state index in [4.69, 9.17) is 4.74 Å². The first-order chi connectivity index (χ1) is 18.0. The smallest absolute Gasteiger partial charge is 0.305 e. The Kier molecular flexibility index (Phi) is 6.80. The van der Waals surface area contributed by atoms with Crippen LogP contribution in [0.15, 0.2) is 61.2 Å². The minimum Gasteiger partial charge on any atom is -0.469 e. The monoisotopic (exact) mass is 498 g/mol. The number of amides is 1. The average molecular weight is 499 g/mol. The van der Waals surface area contributed by atoms with Crippen molar-refractivity contribution < 1.29 is 19.1 Å². The second-order valence-electron chi connectivity index (χ2n) is 8.88. The van der Waals surface area contributed by atoms with Gasteiger partial charge in [-0.3, -0.25) is 14.4 Å². The number of imidazole rings is 1. The Morgan fingerprint density at radius 3 is 2.76 bits per heavy atom. The van der Waals surface area contributed by atoms with E-state index in [0.29, 0.717) is 42.0 Å². The van der Waals surface area contributed by atoms with Gasteiger partial charge in [-0.2, -0.15) is 0 Å². The van der Waals surface area contributed by atoms with Crippen LogP contribution in [0.1, 0.15) is 45.8 Å². The number of para-hydroxylation sites is 1. The predicted octanol–water partition coefficient (Wildman–Crippen LogP) is 4.49. The number of esters is 1. The minimum atomic E-state index is -0.362. The lowest BCUT2D eigenvalue weighted by Crippen LogP contribution is -2.21. The number of benzene rings is 1. The number of methoxy groups -OCH3 is 1. The van der Waals surface area contributed by atoms with Crippen molar-refractivity contribution in [3.63, 3.8) is 0 Å². The molecule has 0 saturated heterocycles. The first kappa shape index (κ1) is 24.0. The molecule has 0 bridgehead atoms. The van der Waals surface area contributed by atoms with Gasteiger partial charge < -0.3 is 25.3 Å². The van der Waals surface area contributed by atoms with Gasteiger partial charge in [0, 0.05) is 36.0 Å². The van der Waals surface area contributed by atoms with E-state index >= 15 is 0 Å². The number of nitrogens with zero attached hydrogens (tertiary/aromatic N) is 2. The van der Waals surface area contributed by atoms with Gasteiger partial charge in [0.1, 0.15) is 11.5 Å². The van der Waals surface area contributed by atoms with Crippen molar-refractivity contribution >= 4 is 34.9 Å². The third-order valence-corrected chi connectivity index (χ3v) is 6.38. The number of ketones is 1. The number of carbonyl (C=O) groups is 3. The van der Waals surface area contributed by atoms with Gasteiger partial charge in [-0.1, -0.05) is 18.2 Å². The number of ether oxygens (including phenoxy) is 1. The molecule has 4 N–H and O–H groups in total. The molecule has 0 radical (unpaired) electrons. The van der Waals surface area contributed by atoms with Crippen molar-refractivity contribution in [2.75, 3.05) is 17.7 Å². The molecule has 0 fully saturated rings. The molecule has 10 nitrogen and oxygen atoms in total. The molecule has 4 aromatic rings. The van der Waals surface area contributed by atoms with E-state index in [1.807, 2.05) is 36.4 Å². The Labute approximate surface area is 212 Å². The second kappa shape index (κ2) is 10.5. The summed E-state index contributed by atoms with van der Waals surface area (Å²) in [5.74, 6) is -0.231. The van der Waals surface area contributed by atoms with Crippen LogP contribution in [-0.4, -0.2) is 44.7 Å². The lowest BCUT2D eigenvalue weighted by molar-refractivity contribution is -0.140. The Morgan fingerprint density at radius 1 is 1.16 bits per heavy atom. The van der Waals surface area contributed by atoms with Gasteiger partial charge in [0.25, 0.3) is 5.91 Å². The van der Waals surface area contributed by atoms with Crippen LogP contribution >= 0.6 is 0 Å². The summed E-state index contributed by atoms with van der Waals surface area (Å²) in [6, 6.07) is 13.2. The Balaban J connectivity index is 1.49. The standard InChI is InChI=1S/C27H26N6O4/c1-37-23(35)8-7-16-11-19-24(21(34)12-16)26(31-18-5-3-2-4-6-18)25(32-19)17-9-10-29-22(13-17)33-27(36)20-14-28-15-30-20/h2-6,9-10,13-16,31-32H,7-8,11-12H2,1H3,(H,28,30)(H,29,33,36). The average Bonchev–Trinajstić information content (AvgIpc) is 3.57. The van der Waals surface area contributed by atoms with Gasteiger partial charge >= 0.3 is 5.97 Å². The quantitative estimate of drug-likeness (QED) is 0.262. The lowest BCUT2D eigenvalue weighted by atomic mass is 9.83. The van der Waals surface area contributed by atoms with Crippen LogP contribution in [0.3, 0.4) is 0 Å². The van der Waals surface area contributed by atoms with Crippen LogP contribution in [0.2, 0.25) is 0 Å². The van der Waals surface area contributed by atoms with Gasteiger partial charge in [0.05, 0.1) is 36.6 Å². The van der Waals surface area contributed by atoms with Crippen molar-refractivity contribution in [3.8, 4) is 11.3 Å². The summed E-state index contributed by atoms with van der Waals surface area (Å²) in [5.41, 5.74) is 4.74. The van der Waals surface area contributed by atoms with Gasteiger partial charge in [-0.05, 0) is 43.0 Å². The van der Waals surface area contributed by atoms with Crippen molar-refractivity contribution in [2.24, 2.45) is 5.92 Å². The highest BCUT2D eigenvalue weighted by atomic mass is 16.5. The second-order valence-corrected chi connectivity index (χ2v) is 8.88. The topological polar surface area (TPSA) is 142 Å². The fourth-order valence-corrected chi connectivity index (χ4v) is 4.59. The van der Waals surface area contributed by atoms with E-state index in [-0.39, 0.29) is 30.0 Å². The Hall–Kier alpha value is -4.73. The number of anilines is 3. The fraction of sp³-hybridized carbons (Fsp3) is 0.222. The number of nitrogens with one attached hydrogen (secondary N) is 4. The molecule has 3 heterocycles. The molecule has 0 saturated carbocycles. The number of Topliss-reactive ketones (excluding diaryl/α,β-unsaturated/α-hetero) is 1. The largest absolute Gasteiger partial charge is 0.469 e. The molecule has 1 aromatic carbocycles. The maximum Gasteiger partial charge on any atom is 0.305 e. The number of pyridine rings is 1. The van der Waals surface area contributed by atoms with Gasteiger partial charge in [0.2, 0.25) is 0 Å². The van der Waals surface area contributed by atoms with Crippen LogP contribution < -0.4 is 10.6 Å². The fourth-order valence-electron chi connectivity index (χ4n) is 4.59. The van der Waals surface area contributed by atoms with Gasteiger partial charge in [-0.25, -0.2) is 9.97 Å². The number of H-pyrrole nitrogens is 2. The molecular formula is C27H26N6O4. The molecule has 188 valence electrons. The molecule has 1 aliphatic carbocycles. The SMILES string of the molecule is COC(=O)CCC1CC(=O)c2c([nH]c(-c3ccnc(NC(=O)c4cnc[nH]4)c3)c2Nc2ccccc2)C1. The highest BCUT2D eigenvalue weighted by molar-refractivity contribution is 6.08. The molecule has 1 aliphatic rings. The maximum atomic E-state index is 13.4. The normalized spacial score (nSPS) is 14.6. The van der Waals surface area contributed by atoms with Crippen LogP contribution in [0.4, 0.5) is 17.2 Å². The predicted molar refractivity (Wildman–Crippen MR) is 138 cm³/mol. The highest BCUT2D eigenvalue weighted by Gasteiger charge is 2.32. The molecule has 10 heteroatoms. The zero-order chi connectivity index (χ0) is 25.8. The van der Waals surface area contributed by atoms with Crippen molar-refractivity contribution in [1.29, 1.82) is 0 Å². The van der Waals surface area contributed by atoms with Crippen molar-refractivity contribution in [3.05, 3.63) is 78.1 Å². The lowest BCUT2D eigenvalue weighted by Gasteiger charge is -2.21. The summed E-state index contributed by atoms with van der Waals surface area (Å²) in [4.78, 5) is 51.8. The first-order valence-corrected chi connectivity index (χ1v) is 11.9. The van der Waals surface area contributed by atoms with E-state index in [1.165, 1.54) is 19.6 Å². The molecule has 37 heavy (non-hydrogen) atoms. The third kappa shape index (κ3) is 5.27. The summed E-state index contributed by atoms with van der Waals surface area (Å²) >= 11 is 0. The molecule has 1 amide bonds. The third-order valence-electron chi connectivity index (χ3n) is 6.38. The minimum absolute atomic E-state index is 0.0128. The summed E-state index contributed by atoms with van der Waals surface area (Å²) in [6.07, 6.45) is 6.30. The molecule has 1 atom stereocenters. The molecule has 0 aliphatic heterocycles. The zero-order valence-electron chi connectivity index (χ0n) is 20.2. The molecule has 0 spiro atoms. The number of carbonyl (C=O) groups excluding carboxylic acids is 3. The van der Waals surface area contributed by atoms with Crippen molar-refractivity contribution in [1.82, 2.24) is 19.9 Å². The number of aromatic nitrogens is 4. The first-order valence-electron chi connectivity index (χ1n) is 11.9. The number of rotatable bonds is 8. The maximum absolute atomic E-state index is 13.4. The van der Waals surface area contributed by atoms with E-state index in [0.717, 1.165) is 22.6 Å². The van der Waals surface area contributed by atoms with Crippen LogP contribution in [0, 0.1) is 5.92 Å².